The standard InChI is InChI=1S/C21H20N2O5S2/c1-4-12-23-18-10-7-16(28-3)14-19(18)29-21(23)22-20(24)11-13-30(25,26)17-8-5-15(27-2)6-9-17/h1,5-10,14H,11-13H2,2-3H3. The van der Waals surface area contributed by atoms with Gasteiger partial charge in [0.15, 0.2) is 14.6 Å². The molecule has 0 fully saturated rings. The Morgan fingerprint density at radius 1 is 1.13 bits per heavy atom. The Balaban J connectivity index is 1.84. The van der Waals surface area contributed by atoms with E-state index in [0.717, 1.165) is 10.2 Å². The quantitative estimate of drug-likeness (QED) is 0.523. The Hall–Kier alpha value is -3.09. The first kappa shape index (κ1) is 21.6. The topological polar surface area (TPSA) is 87.0 Å². The van der Waals surface area contributed by atoms with Crippen molar-refractivity contribution in [3.8, 4) is 23.8 Å². The van der Waals surface area contributed by atoms with Crippen LogP contribution in [-0.2, 0) is 21.2 Å². The molecule has 0 spiro atoms. The van der Waals surface area contributed by atoms with E-state index in [0.29, 0.717) is 16.3 Å². The molecule has 30 heavy (non-hydrogen) atoms. The molecule has 156 valence electrons. The maximum atomic E-state index is 12.5. The largest absolute Gasteiger partial charge is 0.497 e. The monoisotopic (exact) mass is 444 g/mol. The molecule has 1 aromatic heterocycles. The lowest BCUT2D eigenvalue weighted by molar-refractivity contribution is -0.117. The van der Waals surface area contributed by atoms with Crippen molar-refractivity contribution in [2.24, 2.45) is 4.99 Å². The Kier molecular flexibility index (Phi) is 6.59. The van der Waals surface area contributed by atoms with E-state index in [1.807, 2.05) is 12.1 Å². The SMILES string of the molecule is C#CCn1c(=NC(=O)CCS(=O)(=O)c2ccc(OC)cc2)sc2cc(OC)ccc21. The van der Waals surface area contributed by atoms with Crippen molar-refractivity contribution in [2.45, 2.75) is 17.9 Å². The van der Waals surface area contributed by atoms with Gasteiger partial charge in [-0.05, 0) is 42.5 Å². The smallest absolute Gasteiger partial charge is 0.249 e. The van der Waals surface area contributed by atoms with Crippen molar-refractivity contribution >= 4 is 37.3 Å². The fraction of sp³-hybridized carbons (Fsp3) is 0.238. The van der Waals surface area contributed by atoms with Gasteiger partial charge in [-0.2, -0.15) is 4.99 Å². The maximum absolute atomic E-state index is 12.5. The van der Waals surface area contributed by atoms with Gasteiger partial charge in [-0.3, -0.25) is 4.79 Å². The summed E-state index contributed by atoms with van der Waals surface area (Å²) in [4.78, 5) is 17.1. The number of sulfone groups is 1. The molecule has 0 saturated carbocycles. The first-order valence-electron chi connectivity index (χ1n) is 8.93. The average molecular weight is 445 g/mol. The summed E-state index contributed by atoms with van der Waals surface area (Å²) in [7, 11) is -0.543. The van der Waals surface area contributed by atoms with E-state index in [1.165, 1.54) is 30.6 Å². The molecule has 0 saturated heterocycles. The summed E-state index contributed by atoms with van der Waals surface area (Å²) >= 11 is 1.29. The number of hydrogen-bond acceptors (Lipinski definition) is 6. The van der Waals surface area contributed by atoms with E-state index in [1.54, 1.807) is 29.9 Å². The molecule has 0 aliphatic carbocycles. The van der Waals surface area contributed by atoms with Crippen LogP contribution in [-0.4, -0.2) is 38.9 Å². The van der Waals surface area contributed by atoms with E-state index in [4.69, 9.17) is 15.9 Å². The van der Waals surface area contributed by atoms with Crippen LogP contribution in [0.25, 0.3) is 10.2 Å². The lowest BCUT2D eigenvalue weighted by Gasteiger charge is -2.04. The molecule has 3 aromatic rings. The van der Waals surface area contributed by atoms with Crippen LogP contribution in [0.3, 0.4) is 0 Å². The summed E-state index contributed by atoms with van der Waals surface area (Å²) in [5, 5.41) is 0. The number of carbonyl (C=O) groups excluding carboxylic acids is 1. The molecule has 0 aliphatic heterocycles. The van der Waals surface area contributed by atoms with Gasteiger partial charge in [0.2, 0.25) is 5.91 Å². The first-order chi connectivity index (χ1) is 14.4. The van der Waals surface area contributed by atoms with E-state index in [2.05, 4.69) is 10.9 Å². The number of methoxy groups -OCH3 is 2. The number of thiazole rings is 1. The van der Waals surface area contributed by atoms with Gasteiger partial charge in [0, 0.05) is 6.42 Å². The summed E-state index contributed by atoms with van der Waals surface area (Å²) in [5.74, 6) is 2.92. The van der Waals surface area contributed by atoms with Crippen molar-refractivity contribution in [2.75, 3.05) is 20.0 Å². The van der Waals surface area contributed by atoms with Crippen molar-refractivity contribution in [1.29, 1.82) is 0 Å². The number of ether oxygens (including phenoxy) is 2. The van der Waals surface area contributed by atoms with Crippen LogP contribution in [0.15, 0.2) is 52.4 Å². The number of nitrogens with zero attached hydrogens (tertiary/aromatic N) is 2. The summed E-state index contributed by atoms with van der Waals surface area (Å²) in [5.41, 5.74) is 0.830. The van der Waals surface area contributed by atoms with Crippen LogP contribution in [0.5, 0.6) is 11.5 Å². The first-order valence-corrected chi connectivity index (χ1v) is 11.4. The van der Waals surface area contributed by atoms with Gasteiger partial charge in [-0.1, -0.05) is 17.3 Å². The van der Waals surface area contributed by atoms with Gasteiger partial charge in [0.05, 0.1) is 41.6 Å². The minimum Gasteiger partial charge on any atom is -0.497 e. The third-order valence-corrected chi connectivity index (χ3v) is 7.14. The molecule has 0 unspecified atom stereocenters. The minimum absolute atomic E-state index is 0.132. The number of amides is 1. The number of benzene rings is 2. The maximum Gasteiger partial charge on any atom is 0.249 e. The second-order valence-corrected chi connectivity index (χ2v) is 9.38. The minimum atomic E-state index is -3.62. The van der Waals surface area contributed by atoms with Crippen LogP contribution < -0.4 is 14.3 Å². The molecular weight excluding hydrogens is 424 g/mol. The molecule has 0 aliphatic rings. The zero-order chi connectivity index (χ0) is 21.7. The van der Waals surface area contributed by atoms with E-state index >= 15 is 0 Å². The van der Waals surface area contributed by atoms with E-state index < -0.39 is 15.7 Å². The van der Waals surface area contributed by atoms with Crippen molar-refractivity contribution in [3.63, 3.8) is 0 Å². The fourth-order valence-electron chi connectivity index (χ4n) is 2.80. The molecule has 9 heteroatoms. The Morgan fingerprint density at radius 2 is 1.80 bits per heavy atom. The Labute approximate surface area is 178 Å². The third-order valence-electron chi connectivity index (χ3n) is 4.36. The molecule has 7 nitrogen and oxygen atoms in total. The summed E-state index contributed by atoms with van der Waals surface area (Å²) in [6.45, 7) is 0.239. The molecule has 1 amide bonds. The predicted molar refractivity (Wildman–Crippen MR) is 115 cm³/mol. The molecule has 0 bridgehead atoms. The highest BCUT2D eigenvalue weighted by Crippen LogP contribution is 2.23. The van der Waals surface area contributed by atoms with Crippen LogP contribution in [0.4, 0.5) is 0 Å². The lowest BCUT2D eigenvalue weighted by atomic mass is 10.3. The normalized spacial score (nSPS) is 12.0. The Morgan fingerprint density at radius 3 is 2.43 bits per heavy atom. The molecule has 2 aromatic carbocycles. The molecule has 0 N–H and O–H groups in total. The molecule has 1 heterocycles. The van der Waals surface area contributed by atoms with Gasteiger partial charge >= 0.3 is 0 Å². The van der Waals surface area contributed by atoms with Crippen molar-refractivity contribution < 1.29 is 22.7 Å². The molecule has 3 rings (SSSR count). The summed E-state index contributed by atoms with van der Waals surface area (Å²) in [6.07, 6.45) is 5.23. The number of aromatic nitrogens is 1. The van der Waals surface area contributed by atoms with E-state index in [9.17, 15) is 13.2 Å². The van der Waals surface area contributed by atoms with Gasteiger partial charge in [-0.15, -0.1) is 6.42 Å². The lowest BCUT2D eigenvalue weighted by Crippen LogP contribution is -2.18. The zero-order valence-corrected chi connectivity index (χ0v) is 18.1. The third kappa shape index (κ3) is 4.72. The number of carbonyl (C=O) groups is 1. The van der Waals surface area contributed by atoms with Gasteiger partial charge in [0.25, 0.3) is 0 Å². The highest BCUT2D eigenvalue weighted by Gasteiger charge is 2.17. The molecule has 0 radical (unpaired) electrons. The van der Waals surface area contributed by atoms with Crippen LogP contribution in [0.2, 0.25) is 0 Å². The van der Waals surface area contributed by atoms with Crippen LogP contribution in [0, 0.1) is 12.3 Å². The summed E-state index contributed by atoms with van der Waals surface area (Å²) < 4.78 is 37.9. The number of hydrogen-bond donors (Lipinski definition) is 0. The predicted octanol–water partition coefficient (Wildman–Crippen LogP) is 2.64. The second kappa shape index (κ2) is 9.15. The number of rotatable bonds is 7. The number of fused-ring (bicyclic) bond motifs is 1. The van der Waals surface area contributed by atoms with Crippen LogP contribution >= 0.6 is 11.3 Å². The van der Waals surface area contributed by atoms with Gasteiger partial charge < -0.3 is 14.0 Å². The van der Waals surface area contributed by atoms with Crippen molar-refractivity contribution in [3.05, 3.63) is 47.3 Å². The van der Waals surface area contributed by atoms with Crippen LogP contribution in [0.1, 0.15) is 6.42 Å². The van der Waals surface area contributed by atoms with Gasteiger partial charge in [-0.25, -0.2) is 8.42 Å². The fourth-order valence-corrected chi connectivity index (χ4v) is 5.10. The molecule has 0 atom stereocenters. The summed E-state index contributed by atoms with van der Waals surface area (Å²) in [6, 6.07) is 11.5. The highest BCUT2D eigenvalue weighted by molar-refractivity contribution is 7.91. The Bertz CT molecular complexity index is 1280. The number of terminal acetylenes is 1. The van der Waals surface area contributed by atoms with E-state index in [-0.39, 0.29) is 23.6 Å². The van der Waals surface area contributed by atoms with Crippen molar-refractivity contribution in [1.82, 2.24) is 4.57 Å². The van der Waals surface area contributed by atoms with Gasteiger partial charge in [0.1, 0.15) is 11.5 Å². The zero-order valence-electron chi connectivity index (χ0n) is 16.5. The molecular formula is C21H20N2O5S2. The second-order valence-electron chi connectivity index (χ2n) is 6.26. The highest BCUT2D eigenvalue weighted by atomic mass is 32.2. The average Bonchev–Trinajstić information content (AvgIpc) is 3.08.